The highest BCUT2D eigenvalue weighted by molar-refractivity contribution is 5.86. The van der Waals surface area contributed by atoms with Crippen molar-refractivity contribution in [1.29, 1.82) is 0 Å². The maximum absolute atomic E-state index is 12.3. The van der Waals surface area contributed by atoms with E-state index in [-0.39, 0.29) is 12.3 Å². The predicted molar refractivity (Wildman–Crippen MR) is 73.0 cm³/mol. The molecule has 4 nitrogen and oxygen atoms in total. The van der Waals surface area contributed by atoms with Crippen molar-refractivity contribution in [2.75, 3.05) is 0 Å². The van der Waals surface area contributed by atoms with Crippen molar-refractivity contribution in [2.24, 2.45) is 0 Å². The molecule has 1 unspecified atom stereocenters. The lowest BCUT2D eigenvalue weighted by molar-refractivity contribution is -0.00754. The van der Waals surface area contributed by atoms with E-state index in [0.29, 0.717) is 5.82 Å². The number of aliphatic hydroxyl groups excluding tert-OH is 1. The molecule has 2 aromatic carbocycles. The normalized spacial score (nSPS) is 13.0. The third-order valence-electron chi connectivity index (χ3n) is 3.15. The van der Waals surface area contributed by atoms with Crippen LogP contribution < -0.4 is 0 Å². The summed E-state index contributed by atoms with van der Waals surface area (Å²) in [6.07, 6.45) is -4.99. The first-order valence-electron chi connectivity index (χ1n) is 6.41. The van der Waals surface area contributed by atoms with E-state index >= 15 is 0 Å². The maximum atomic E-state index is 12.3. The Morgan fingerprint density at radius 3 is 2.62 bits per heavy atom. The lowest BCUT2D eigenvalue weighted by Crippen LogP contribution is -2.20. The van der Waals surface area contributed by atoms with Gasteiger partial charge in [-0.25, -0.2) is 8.78 Å². The number of aliphatic hydroxyl groups is 1. The summed E-state index contributed by atoms with van der Waals surface area (Å²) >= 11 is 0. The van der Waals surface area contributed by atoms with E-state index in [1.165, 1.54) is 0 Å². The van der Waals surface area contributed by atoms with Crippen LogP contribution in [0.5, 0.6) is 0 Å². The zero-order valence-electron chi connectivity index (χ0n) is 10.9. The van der Waals surface area contributed by atoms with Gasteiger partial charge in [-0.1, -0.05) is 41.6 Å². The van der Waals surface area contributed by atoms with Crippen molar-refractivity contribution in [3.63, 3.8) is 0 Å². The molecule has 1 N–H and O–H groups in total. The van der Waals surface area contributed by atoms with Crippen LogP contribution in [0.25, 0.3) is 22.2 Å². The Balaban J connectivity index is 1.87. The average molecular weight is 290 g/mol. The minimum atomic E-state index is -2.83. The van der Waals surface area contributed by atoms with Gasteiger partial charge in [-0.2, -0.15) is 4.98 Å². The molecule has 0 saturated carbocycles. The number of nitrogens with zero attached hydrogens (tertiary/aromatic N) is 2. The topological polar surface area (TPSA) is 59.2 Å². The number of rotatable bonds is 4. The SMILES string of the molecule is OC(Cc1nc(-c2ccc3ccccc3c2)no1)C(F)F. The quantitative estimate of drug-likeness (QED) is 0.802. The van der Waals surface area contributed by atoms with Gasteiger partial charge in [0, 0.05) is 5.56 Å². The van der Waals surface area contributed by atoms with Gasteiger partial charge in [0.05, 0.1) is 6.42 Å². The Bertz CT molecular complexity index is 758. The fourth-order valence-electron chi connectivity index (χ4n) is 2.05. The van der Waals surface area contributed by atoms with Crippen LogP contribution in [0.4, 0.5) is 8.78 Å². The van der Waals surface area contributed by atoms with Gasteiger partial charge in [0.25, 0.3) is 6.43 Å². The fourth-order valence-corrected chi connectivity index (χ4v) is 2.05. The molecule has 0 aliphatic heterocycles. The molecule has 0 amide bonds. The van der Waals surface area contributed by atoms with Crippen LogP contribution in [0, 0.1) is 0 Å². The van der Waals surface area contributed by atoms with E-state index in [4.69, 9.17) is 9.63 Å². The van der Waals surface area contributed by atoms with Gasteiger partial charge in [-0.05, 0) is 16.8 Å². The minimum Gasteiger partial charge on any atom is -0.387 e. The zero-order chi connectivity index (χ0) is 14.8. The molecule has 21 heavy (non-hydrogen) atoms. The van der Waals surface area contributed by atoms with Gasteiger partial charge in [-0.3, -0.25) is 0 Å². The largest absolute Gasteiger partial charge is 0.387 e. The number of halogens is 2. The third kappa shape index (κ3) is 2.90. The first-order chi connectivity index (χ1) is 10.1. The van der Waals surface area contributed by atoms with Crippen molar-refractivity contribution in [1.82, 2.24) is 10.1 Å². The van der Waals surface area contributed by atoms with Crippen molar-refractivity contribution in [3.05, 3.63) is 48.4 Å². The molecule has 0 aliphatic rings. The maximum Gasteiger partial charge on any atom is 0.264 e. The molecule has 6 heteroatoms. The number of alkyl halides is 2. The highest BCUT2D eigenvalue weighted by atomic mass is 19.3. The van der Waals surface area contributed by atoms with Gasteiger partial charge >= 0.3 is 0 Å². The van der Waals surface area contributed by atoms with Crippen LogP contribution in [-0.4, -0.2) is 27.8 Å². The highest BCUT2D eigenvalue weighted by Gasteiger charge is 2.21. The van der Waals surface area contributed by atoms with E-state index in [9.17, 15) is 8.78 Å². The van der Waals surface area contributed by atoms with E-state index < -0.39 is 12.5 Å². The number of benzene rings is 2. The molecule has 3 aromatic rings. The summed E-state index contributed by atoms with van der Waals surface area (Å²) in [6.45, 7) is 0. The van der Waals surface area contributed by atoms with Crippen LogP contribution in [0.15, 0.2) is 47.0 Å². The summed E-state index contributed by atoms with van der Waals surface area (Å²) in [6, 6.07) is 13.5. The van der Waals surface area contributed by atoms with Crippen molar-refractivity contribution in [2.45, 2.75) is 19.0 Å². The van der Waals surface area contributed by atoms with E-state index in [2.05, 4.69) is 10.1 Å². The molecule has 0 saturated heterocycles. The number of hydrogen-bond acceptors (Lipinski definition) is 4. The average Bonchev–Trinajstić information content (AvgIpc) is 2.95. The molecule has 0 bridgehead atoms. The van der Waals surface area contributed by atoms with Gasteiger partial charge in [-0.15, -0.1) is 0 Å². The smallest absolute Gasteiger partial charge is 0.264 e. The number of aromatic nitrogens is 2. The van der Waals surface area contributed by atoms with Crippen LogP contribution in [0.3, 0.4) is 0 Å². The number of hydrogen-bond donors (Lipinski definition) is 1. The molecule has 1 aromatic heterocycles. The molecule has 0 spiro atoms. The molecular weight excluding hydrogens is 278 g/mol. The Kier molecular flexibility index (Phi) is 3.62. The summed E-state index contributed by atoms with van der Waals surface area (Å²) < 4.78 is 29.5. The molecule has 1 heterocycles. The second kappa shape index (κ2) is 5.57. The summed E-state index contributed by atoms with van der Waals surface area (Å²) in [5.74, 6) is 0.308. The standard InChI is InChI=1S/C15H12F2N2O2/c16-14(17)12(20)8-13-18-15(19-21-13)11-6-5-9-3-1-2-4-10(9)7-11/h1-7,12,14,20H,8H2. The van der Waals surface area contributed by atoms with E-state index in [1.807, 2.05) is 42.5 Å². The zero-order valence-corrected chi connectivity index (χ0v) is 10.9. The Hall–Kier alpha value is -2.34. The lowest BCUT2D eigenvalue weighted by atomic mass is 10.1. The van der Waals surface area contributed by atoms with Crippen molar-refractivity contribution >= 4 is 10.8 Å². The number of fused-ring (bicyclic) bond motifs is 1. The summed E-state index contributed by atoms with van der Waals surface area (Å²) in [5, 5.41) is 15.0. The van der Waals surface area contributed by atoms with Crippen molar-refractivity contribution < 1.29 is 18.4 Å². The monoisotopic (exact) mass is 290 g/mol. The van der Waals surface area contributed by atoms with Crippen LogP contribution in [-0.2, 0) is 6.42 Å². The molecule has 108 valence electrons. The summed E-state index contributed by atoms with van der Waals surface area (Å²) in [4.78, 5) is 4.04. The Labute approximate surface area is 119 Å². The second-order valence-electron chi connectivity index (χ2n) is 4.68. The first kappa shape index (κ1) is 13.6. The van der Waals surface area contributed by atoms with Crippen molar-refractivity contribution in [3.8, 4) is 11.4 Å². The van der Waals surface area contributed by atoms with Crippen LogP contribution >= 0.6 is 0 Å². The molecular formula is C15H12F2N2O2. The predicted octanol–water partition coefficient (Wildman–Crippen LogP) is 3.06. The van der Waals surface area contributed by atoms with Gasteiger partial charge in [0.2, 0.25) is 11.7 Å². The van der Waals surface area contributed by atoms with Gasteiger partial charge < -0.3 is 9.63 Å². The summed E-state index contributed by atoms with van der Waals surface area (Å²) in [7, 11) is 0. The van der Waals surface area contributed by atoms with E-state index in [1.54, 1.807) is 0 Å². The van der Waals surface area contributed by atoms with E-state index in [0.717, 1.165) is 16.3 Å². The third-order valence-corrected chi connectivity index (χ3v) is 3.15. The summed E-state index contributed by atoms with van der Waals surface area (Å²) in [5.41, 5.74) is 0.732. The second-order valence-corrected chi connectivity index (χ2v) is 4.68. The molecule has 3 rings (SSSR count). The fraction of sp³-hybridized carbons (Fsp3) is 0.200. The van der Waals surface area contributed by atoms with Gasteiger partial charge in [0.1, 0.15) is 6.10 Å². The molecule has 0 aliphatic carbocycles. The highest BCUT2D eigenvalue weighted by Crippen LogP contribution is 2.22. The first-order valence-corrected chi connectivity index (χ1v) is 6.41. The minimum absolute atomic E-state index is 0.00837. The lowest BCUT2D eigenvalue weighted by Gasteiger charge is -2.04. The molecule has 0 radical (unpaired) electrons. The van der Waals surface area contributed by atoms with Crippen LogP contribution in [0.1, 0.15) is 5.89 Å². The molecule has 1 atom stereocenters. The molecule has 0 fully saturated rings. The Morgan fingerprint density at radius 1 is 1.10 bits per heavy atom. The Morgan fingerprint density at radius 2 is 1.86 bits per heavy atom. The van der Waals surface area contributed by atoms with Gasteiger partial charge in [0.15, 0.2) is 0 Å². The van der Waals surface area contributed by atoms with Crippen LogP contribution in [0.2, 0.25) is 0 Å².